The van der Waals surface area contributed by atoms with Gasteiger partial charge in [0.15, 0.2) is 0 Å². The Kier molecular flexibility index (Phi) is 5.97. The second-order valence-corrected chi connectivity index (χ2v) is 4.77. The van der Waals surface area contributed by atoms with E-state index in [-0.39, 0.29) is 6.04 Å². The molecule has 0 amide bonds. The van der Waals surface area contributed by atoms with Crippen LogP contribution in [0.25, 0.3) is 0 Å². The molecule has 1 N–H and O–H groups in total. The van der Waals surface area contributed by atoms with Crippen LogP contribution in [0.5, 0.6) is 0 Å². The van der Waals surface area contributed by atoms with Crippen LogP contribution in [0.4, 0.5) is 5.69 Å². The standard InChI is InChI=1S/C14H20ClN3/c1-4-18(5-2)10-11(3)17-14-8-13(15)7-6-12(14)9-16/h6-8,11,17H,4-5,10H2,1-3H3. The van der Waals surface area contributed by atoms with Gasteiger partial charge in [0.05, 0.1) is 11.3 Å². The predicted octanol–water partition coefficient (Wildman–Crippen LogP) is 3.35. The van der Waals surface area contributed by atoms with Crippen molar-refractivity contribution in [2.75, 3.05) is 25.0 Å². The molecule has 3 nitrogen and oxygen atoms in total. The molecule has 0 saturated heterocycles. The Morgan fingerprint density at radius 3 is 2.61 bits per heavy atom. The summed E-state index contributed by atoms with van der Waals surface area (Å²) in [6.45, 7) is 9.42. The number of halogens is 1. The first-order valence-corrected chi connectivity index (χ1v) is 6.67. The summed E-state index contributed by atoms with van der Waals surface area (Å²) in [5, 5.41) is 13.1. The largest absolute Gasteiger partial charge is 0.380 e. The average Bonchev–Trinajstić information content (AvgIpc) is 2.36. The molecular formula is C14H20ClN3. The number of hydrogen-bond acceptors (Lipinski definition) is 3. The Morgan fingerprint density at radius 2 is 2.06 bits per heavy atom. The molecule has 1 aromatic rings. The predicted molar refractivity (Wildman–Crippen MR) is 77.0 cm³/mol. The number of likely N-dealkylation sites (N-methyl/N-ethyl adjacent to an activating group) is 1. The van der Waals surface area contributed by atoms with Gasteiger partial charge in [-0.1, -0.05) is 25.4 Å². The number of nitrogens with one attached hydrogen (secondary N) is 1. The number of anilines is 1. The maximum absolute atomic E-state index is 9.05. The van der Waals surface area contributed by atoms with Gasteiger partial charge >= 0.3 is 0 Å². The zero-order valence-corrected chi connectivity index (χ0v) is 12.0. The topological polar surface area (TPSA) is 39.1 Å². The first kappa shape index (κ1) is 14.8. The molecule has 18 heavy (non-hydrogen) atoms. The summed E-state index contributed by atoms with van der Waals surface area (Å²) in [4.78, 5) is 2.34. The van der Waals surface area contributed by atoms with Crippen molar-refractivity contribution in [3.63, 3.8) is 0 Å². The van der Waals surface area contributed by atoms with Gasteiger partial charge in [-0.25, -0.2) is 0 Å². The van der Waals surface area contributed by atoms with Gasteiger partial charge in [0, 0.05) is 17.6 Å². The molecule has 98 valence electrons. The number of benzene rings is 1. The van der Waals surface area contributed by atoms with E-state index in [1.165, 1.54) is 0 Å². The summed E-state index contributed by atoms with van der Waals surface area (Å²) in [5.41, 5.74) is 1.44. The van der Waals surface area contributed by atoms with Gasteiger partial charge < -0.3 is 10.2 Å². The molecule has 4 heteroatoms. The first-order valence-electron chi connectivity index (χ1n) is 6.29. The van der Waals surface area contributed by atoms with Gasteiger partial charge in [0.25, 0.3) is 0 Å². The van der Waals surface area contributed by atoms with Crippen molar-refractivity contribution >= 4 is 17.3 Å². The third-order valence-electron chi connectivity index (χ3n) is 2.93. The van der Waals surface area contributed by atoms with Crippen molar-refractivity contribution in [2.45, 2.75) is 26.8 Å². The highest BCUT2D eigenvalue weighted by atomic mass is 35.5. The van der Waals surface area contributed by atoms with Crippen LogP contribution in [0.3, 0.4) is 0 Å². The van der Waals surface area contributed by atoms with Gasteiger partial charge in [-0.3, -0.25) is 0 Å². The van der Waals surface area contributed by atoms with Crippen molar-refractivity contribution < 1.29 is 0 Å². The van der Waals surface area contributed by atoms with E-state index in [0.29, 0.717) is 10.6 Å². The summed E-state index contributed by atoms with van der Waals surface area (Å²) in [6.07, 6.45) is 0. The summed E-state index contributed by atoms with van der Waals surface area (Å²) in [7, 11) is 0. The smallest absolute Gasteiger partial charge is 0.101 e. The van der Waals surface area contributed by atoms with Crippen molar-refractivity contribution in [1.82, 2.24) is 4.90 Å². The fourth-order valence-corrected chi connectivity index (χ4v) is 2.09. The summed E-state index contributed by atoms with van der Waals surface area (Å²) in [6, 6.07) is 7.73. The molecule has 0 heterocycles. The van der Waals surface area contributed by atoms with Crippen LogP contribution in [0.1, 0.15) is 26.3 Å². The summed E-state index contributed by atoms with van der Waals surface area (Å²) < 4.78 is 0. The molecule has 0 aromatic heterocycles. The third-order valence-corrected chi connectivity index (χ3v) is 3.17. The number of nitrogens with zero attached hydrogens (tertiary/aromatic N) is 2. The number of rotatable bonds is 6. The fourth-order valence-electron chi connectivity index (χ4n) is 1.91. The Labute approximate surface area is 114 Å². The molecule has 0 saturated carbocycles. The summed E-state index contributed by atoms with van der Waals surface area (Å²) >= 11 is 5.96. The maximum Gasteiger partial charge on any atom is 0.101 e. The molecule has 1 aromatic carbocycles. The summed E-state index contributed by atoms with van der Waals surface area (Å²) in [5.74, 6) is 0. The molecule has 1 atom stereocenters. The minimum absolute atomic E-state index is 0.274. The molecule has 1 unspecified atom stereocenters. The van der Waals surface area contributed by atoms with E-state index in [1.54, 1.807) is 18.2 Å². The van der Waals surface area contributed by atoms with Crippen LogP contribution < -0.4 is 5.32 Å². The Bertz CT molecular complexity index is 422. The van der Waals surface area contributed by atoms with Crippen LogP contribution in [-0.4, -0.2) is 30.6 Å². The van der Waals surface area contributed by atoms with Crippen LogP contribution in [-0.2, 0) is 0 Å². The molecule has 0 bridgehead atoms. The minimum atomic E-state index is 0.274. The molecular weight excluding hydrogens is 246 g/mol. The fraction of sp³-hybridized carbons (Fsp3) is 0.500. The Balaban J connectivity index is 2.72. The quantitative estimate of drug-likeness (QED) is 0.857. The maximum atomic E-state index is 9.05. The van der Waals surface area contributed by atoms with Crippen molar-refractivity contribution in [1.29, 1.82) is 5.26 Å². The van der Waals surface area contributed by atoms with E-state index in [2.05, 4.69) is 37.1 Å². The minimum Gasteiger partial charge on any atom is -0.380 e. The van der Waals surface area contributed by atoms with Crippen LogP contribution in [0.15, 0.2) is 18.2 Å². The van der Waals surface area contributed by atoms with Crippen molar-refractivity contribution in [3.8, 4) is 6.07 Å². The van der Waals surface area contributed by atoms with Gasteiger partial charge in [0.2, 0.25) is 0 Å². The van der Waals surface area contributed by atoms with Crippen LogP contribution >= 0.6 is 11.6 Å². The van der Waals surface area contributed by atoms with Gasteiger partial charge in [-0.05, 0) is 38.2 Å². The highest BCUT2D eigenvalue weighted by Gasteiger charge is 2.09. The van der Waals surface area contributed by atoms with Gasteiger partial charge in [0.1, 0.15) is 6.07 Å². The molecule has 0 radical (unpaired) electrons. The zero-order chi connectivity index (χ0) is 13.5. The molecule has 0 spiro atoms. The van der Waals surface area contributed by atoms with E-state index < -0.39 is 0 Å². The van der Waals surface area contributed by atoms with E-state index in [9.17, 15) is 0 Å². The monoisotopic (exact) mass is 265 g/mol. The second-order valence-electron chi connectivity index (χ2n) is 4.33. The van der Waals surface area contributed by atoms with Gasteiger partial charge in [-0.15, -0.1) is 0 Å². The van der Waals surface area contributed by atoms with E-state index in [4.69, 9.17) is 16.9 Å². The first-order chi connectivity index (χ1) is 8.60. The lowest BCUT2D eigenvalue weighted by atomic mass is 10.1. The Morgan fingerprint density at radius 1 is 1.39 bits per heavy atom. The molecule has 0 aliphatic carbocycles. The molecule has 0 aliphatic rings. The third kappa shape index (κ3) is 4.21. The van der Waals surface area contributed by atoms with E-state index in [0.717, 1.165) is 25.3 Å². The molecule has 0 aliphatic heterocycles. The lowest BCUT2D eigenvalue weighted by Crippen LogP contribution is -2.34. The van der Waals surface area contributed by atoms with E-state index in [1.807, 2.05) is 0 Å². The Hall–Kier alpha value is -1.24. The lowest BCUT2D eigenvalue weighted by molar-refractivity contribution is 0.295. The number of nitriles is 1. The normalized spacial score (nSPS) is 12.2. The highest BCUT2D eigenvalue weighted by molar-refractivity contribution is 6.30. The van der Waals surface area contributed by atoms with Gasteiger partial charge in [-0.2, -0.15) is 5.26 Å². The zero-order valence-electron chi connectivity index (χ0n) is 11.2. The van der Waals surface area contributed by atoms with Crippen LogP contribution in [0.2, 0.25) is 5.02 Å². The molecule has 1 rings (SSSR count). The van der Waals surface area contributed by atoms with E-state index >= 15 is 0 Å². The number of hydrogen-bond donors (Lipinski definition) is 1. The second kappa shape index (κ2) is 7.25. The highest BCUT2D eigenvalue weighted by Crippen LogP contribution is 2.21. The van der Waals surface area contributed by atoms with Crippen LogP contribution in [0, 0.1) is 11.3 Å². The SMILES string of the molecule is CCN(CC)CC(C)Nc1cc(Cl)ccc1C#N. The lowest BCUT2D eigenvalue weighted by Gasteiger charge is -2.24. The van der Waals surface area contributed by atoms with Crippen molar-refractivity contribution in [3.05, 3.63) is 28.8 Å². The molecule has 0 fully saturated rings. The average molecular weight is 266 g/mol. The van der Waals surface area contributed by atoms with Crippen molar-refractivity contribution in [2.24, 2.45) is 0 Å².